The van der Waals surface area contributed by atoms with Crippen molar-refractivity contribution in [1.29, 1.82) is 0 Å². The minimum atomic E-state index is -0.563. The first-order chi connectivity index (χ1) is 14.8. The molecule has 2 aromatic heterocycles. The van der Waals surface area contributed by atoms with Gasteiger partial charge in [0.25, 0.3) is 5.56 Å². The summed E-state index contributed by atoms with van der Waals surface area (Å²) in [5, 5.41) is 7.11. The molecule has 0 aliphatic heterocycles. The summed E-state index contributed by atoms with van der Waals surface area (Å²) in [7, 11) is 1.66. The van der Waals surface area contributed by atoms with Crippen molar-refractivity contribution in [3.8, 4) is 5.69 Å². The molecule has 4 aromatic rings. The van der Waals surface area contributed by atoms with Crippen molar-refractivity contribution in [2.45, 2.75) is 19.8 Å². The summed E-state index contributed by atoms with van der Waals surface area (Å²) in [5.74, 6) is -0.893. The van der Waals surface area contributed by atoms with E-state index in [1.54, 1.807) is 11.7 Å². The molecule has 1 N–H and O–H groups in total. The zero-order valence-electron chi connectivity index (χ0n) is 16.9. The number of halogens is 2. The number of anilines is 1. The van der Waals surface area contributed by atoms with Gasteiger partial charge in [-0.3, -0.25) is 14.2 Å². The van der Waals surface area contributed by atoms with E-state index in [0.717, 1.165) is 5.69 Å². The normalized spacial score (nSPS) is 11.1. The van der Waals surface area contributed by atoms with Gasteiger partial charge in [-0.2, -0.15) is 5.10 Å². The van der Waals surface area contributed by atoms with Gasteiger partial charge < -0.3 is 5.32 Å². The molecule has 31 heavy (non-hydrogen) atoms. The average Bonchev–Trinajstić information content (AvgIpc) is 3.09. The Labute approximate surface area is 182 Å². The van der Waals surface area contributed by atoms with Gasteiger partial charge in [-0.1, -0.05) is 29.8 Å². The summed E-state index contributed by atoms with van der Waals surface area (Å²) >= 11 is 5.74. The lowest BCUT2D eigenvalue weighted by Crippen LogP contribution is -2.25. The lowest BCUT2D eigenvalue weighted by atomic mass is 10.2. The Bertz CT molecular complexity index is 1350. The number of benzene rings is 2. The molecule has 0 atom stereocenters. The molecule has 4 rings (SSSR count). The number of nitrogens with zero attached hydrogens (tertiary/aromatic N) is 4. The summed E-state index contributed by atoms with van der Waals surface area (Å²) < 4.78 is 16.5. The summed E-state index contributed by atoms with van der Waals surface area (Å²) in [6.45, 7) is 1.83. The van der Waals surface area contributed by atoms with Crippen LogP contribution >= 0.6 is 11.6 Å². The number of hydrogen-bond acceptors (Lipinski definition) is 4. The van der Waals surface area contributed by atoms with E-state index in [1.165, 1.54) is 22.8 Å². The smallest absolute Gasteiger partial charge is 0.273 e. The quantitative estimate of drug-likeness (QED) is 0.513. The van der Waals surface area contributed by atoms with Crippen molar-refractivity contribution in [3.05, 3.63) is 81.1 Å². The van der Waals surface area contributed by atoms with E-state index in [1.807, 2.05) is 37.3 Å². The van der Waals surface area contributed by atoms with Gasteiger partial charge in [0.1, 0.15) is 17.0 Å². The number of rotatable bonds is 5. The zero-order valence-corrected chi connectivity index (χ0v) is 17.7. The largest absolute Gasteiger partial charge is 0.326 e. The highest BCUT2D eigenvalue weighted by atomic mass is 35.5. The predicted molar refractivity (Wildman–Crippen MR) is 117 cm³/mol. The average molecular weight is 440 g/mol. The molecule has 158 valence electrons. The van der Waals surface area contributed by atoms with E-state index >= 15 is 0 Å². The maximum Gasteiger partial charge on any atom is 0.273 e. The number of aromatic nitrogens is 4. The first kappa shape index (κ1) is 20.7. The van der Waals surface area contributed by atoms with Gasteiger partial charge >= 0.3 is 0 Å². The molecule has 0 bridgehead atoms. The fraction of sp³-hybridized carbons (Fsp3) is 0.182. The zero-order chi connectivity index (χ0) is 22.1. The Hall–Kier alpha value is -3.52. The molecule has 2 heterocycles. The maximum atomic E-state index is 13.3. The van der Waals surface area contributed by atoms with Crippen LogP contribution in [-0.4, -0.2) is 25.2 Å². The minimum absolute atomic E-state index is 0.0363. The molecular weight excluding hydrogens is 421 g/mol. The fourth-order valence-corrected chi connectivity index (χ4v) is 3.53. The Morgan fingerprint density at radius 2 is 1.94 bits per heavy atom. The summed E-state index contributed by atoms with van der Waals surface area (Å²) in [5.41, 5.74) is 3.06. The topological polar surface area (TPSA) is 81.8 Å². The summed E-state index contributed by atoms with van der Waals surface area (Å²) in [4.78, 5) is 29.7. The molecule has 0 fully saturated rings. The number of amides is 1. The van der Waals surface area contributed by atoms with Crippen LogP contribution in [0.15, 0.2) is 53.3 Å². The van der Waals surface area contributed by atoms with Crippen molar-refractivity contribution in [2.24, 2.45) is 7.05 Å². The Morgan fingerprint density at radius 3 is 2.65 bits per heavy atom. The lowest BCUT2D eigenvalue weighted by molar-refractivity contribution is -0.116. The number of carbonyl (C=O) groups is 1. The van der Waals surface area contributed by atoms with Gasteiger partial charge in [0.15, 0.2) is 5.65 Å². The highest BCUT2D eigenvalue weighted by molar-refractivity contribution is 6.31. The van der Waals surface area contributed by atoms with Crippen molar-refractivity contribution < 1.29 is 9.18 Å². The van der Waals surface area contributed by atoms with Gasteiger partial charge in [-0.15, -0.1) is 0 Å². The van der Waals surface area contributed by atoms with Crippen LogP contribution in [0.4, 0.5) is 10.1 Å². The van der Waals surface area contributed by atoms with E-state index in [4.69, 9.17) is 11.6 Å². The molecule has 9 heteroatoms. The van der Waals surface area contributed by atoms with Gasteiger partial charge in [0, 0.05) is 25.6 Å². The van der Waals surface area contributed by atoms with Crippen molar-refractivity contribution >= 4 is 34.4 Å². The summed E-state index contributed by atoms with van der Waals surface area (Å²) in [6.07, 6.45) is 0.188. The number of fused-ring (bicyclic) bond motifs is 1. The third-order valence-electron chi connectivity index (χ3n) is 4.91. The molecule has 0 saturated carbocycles. The van der Waals surface area contributed by atoms with Crippen LogP contribution in [0.2, 0.25) is 5.02 Å². The van der Waals surface area contributed by atoms with Gasteiger partial charge in [-0.05, 0) is 37.3 Å². The van der Waals surface area contributed by atoms with Crippen LogP contribution < -0.4 is 10.9 Å². The molecule has 0 unspecified atom stereocenters. The van der Waals surface area contributed by atoms with E-state index < -0.39 is 5.82 Å². The number of aryl methyl sites for hydroxylation is 3. The van der Waals surface area contributed by atoms with Crippen LogP contribution in [0.1, 0.15) is 17.8 Å². The van der Waals surface area contributed by atoms with E-state index in [9.17, 15) is 14.0 Å². The molecule has 0 aliphatic rings. The van der Waals surface area contributed by atoms with E-state index in [-0.39, 0.29) is 35.0 Å². The van der Waals surface area contributed by atoms with Crippen LogP contribution in [0.25, 0.3) is 16.9 Å². The molecule has 1 amide bonds. The predicted octanol–water partition coefficient (Wildman–Crippen LogP) is 3.79. The first-order valence-corrected chi connectivity index (χ1v) is 9.98. The first-order valence-electron chi connectivity index (χ1n) is 9.60. The monoisotopic (exact) mass is 439 g/mol. The number of carbonyl (C=O) groups excluding carboxylic acids is 1. The Kier molecular flexibility index (Phi) is 5.56. The van der Waals surface area contributed by atoms with Crippen molar-refractivity contribution in [1.82, 2.24) is 19.3 Å². The van der Waals surface area contributed by atoms with E-state index in [0.29, 0.717) is 22.5 Å². The second-order valence-electron chi connectivity index (χ2n) is 7.10. The maximum absolute atomic E-state index is 13.3. The highest BCUT2D eigenvalue weighted by Gasteiger charge is 2.18. The molecule has 0 spiro atoms. The molecular formula is C22H19ClFN5O2. The molecule has 2 aromatic carbocycles. The van der Waals surface area contributed by atoms with Crippen LogP contribution in [0.3, 0.4) is 0 Å². The Morgan fingerprint density at radius 1 is 1.19 bits per heavy atom. The number of para-hydroxylation sites is 1. The van der Waals surface area contributed by atoms with Crippen molar-refractivity contribution in [2.75, 3.05) is 5.32 Å². The fourth-order valence-electron chi connectivity index (χ4n) is 3.35. The van der Waals surface area contributed by atoms with Crippen LogP contribution in [-0.2, 0) is 18.3 Å². The minimum Gasteiger partial charge on any atom is -0.326 e. The second-order valence-corrected chi connectivity index (χ2v) is 7.51. The molecule has 7 nitrogen and oxygen atoms in total. The van der Waals surface area contributed by atoms with Gasteiger partial charge in [0.2, 0.25) is 5.91 Å². The van der Waals surface area contributed by atoms with Gasteiger partial charge in [-0.25, -0.2) is 14.1 Å². The van der Waals surface area contributed by atoms with Crippen LogP contribution in [0.5, 0.6) is 0 Å². The Balaban J connectivity index is 1.59. The van der Waals surface area contributed by atoms with Gasteiger partial charge in [0.05, 0.1) is 16.4 Å². The van der Waals surface area contributed by atoms with E-state index in [2.05, 4.69) is 15.4 Å². The summed E-state index contributed by atoms with van der Waals surface area (Å²) in [6, 6.07) is 13.4. The number of hydrogen-bond donors (Lipinski definition) is 1. The third kappa shape index (κ3) is 4.06. The second kappa shape index (κ2) is 8.31. The SMILES string of the molecule is Cc1nn(-c2ccccc2)c2c1nc(CCC(=O)Nc1ccc(F)c(Cl)c1)c(=O)n2C. The molecule has 0 radical (unpaired) electrons. The van der Waals surface area contributed by atoms with Crippen LogP contribution in [0, 0.1) is 12.7 Å². The standard InChI is InChI=1S/C22H19ClFN5O2/c1-13-20-21(29(27-13)15-6-4-3-5-7-15)28(2)22(31)18(26-20)10-11-19(30)25-14-8-9-17(24)16(23)12-14/h3-9,12H,10-11H2,1-2H3,(H,25,30). The lowest BCUT2D eigenvalue weighted by Gasteiger charge is -2.09. The number of nitrogens with one attached hydrogen (secondary N) is 1. The molecule has 0 saturated heterocycles. The highest BCUT2D eigenvalue weighted by Crippen LogP contribution is 2.21. The third-order valence-corrected chi connectivity index (χ3v) is 5.20. The molecule has 0 aliphatic carbocycles. The van der Waals surface area contributed by atoms with Crippen molar-refractivity contribution in [3.63, 3.8) is 0 Å².